The highest BCUT2D eigenvalue weighted by Gasteiger charge is 2.39. The zero-order valence-electron chi connectivity index (χ0n) is 10.1. The second-order valence-electron chi connectivity index (χ2n) is 4.73. The molecule has 0 aliphatic carbocycles. The molecule has 0 aromatic heterocycles. The van der Waals surface area contributed by atoms with Gasteiger partial charge in [-0.25, -0.2) is 0 Å². The summed E-state index contributed by atoms with van der Waals surface area (Å²) in [5.41, 5.74) is -0.376. The number of hydrogen-bond donors (Lipinski definition) is 0. The van der Waals surface area contributed by atoms with Crippen LogP contribution >= 0.6 is 0 Å². The van der Waals surface area contributed by atoms with E-state index < -0.39 is 26.7 Å². The lowest BCUT2D eigenvalue weighted by atomic mass is 10.1. The van der Waals surface area contributed by atoms with Gasteiger partial charge in [-0.1, -0.05) is 42.5 Å². The van der Waals surface area contributed by atoms with Crippen molar-refractivity contribution in [3.63, 3.8) is 0 Å². The van der Waals surface area contributed by atoms with Crippen molar-refractivity contribution in [3.8, 4) is 0 Å². The van der Waals surface area contributed by atoms with Gasteiger partial charge in [0.25, 0.3) is 5.78 Å². The average Bonchev–Trinajstić information content (AvgIpc) is 2.27. The van der Waals surface area contributed by atoms with Gasteiger partial charge in [0.15, 0.2) is 0 Å². The van der Waals surface area contributed by atoms with Crippen LogP contribution in [0.4, 0.5) is 17.6 Å². The highest BCUT2D eigenvalue weighted by Crippen LogP contribution is 2.21. The van der Waals surface area contributed by atoms with Gasteiger partial charge in [-0.05, 0) is 6.04 Å². The predicted molar refractivity (Wildman–Crippen MR) is 64.7 cm³/mol. The average molecular weight is 278 g/mol. The molecule has 0 aliphatic rings. The smallest absolute Gasteiger partial charge is 0.284 e. The standard InChI is InChI=1S/C12H14F4OSi/c1-18(2,7-6-13)10-5-3-4-9(8-10)11(17)12(14,15)16/h3-5,8H,6-7H2,1-2H3. The SMILES string of the molecule is C[Si](C)(CCF)c1cccc(C(=O)C(F)(F)F)c1. The number of hydrogen-bond acceptors (Lipinski definition) is 1. The van der Waals surface area contributed by atoms with Gasteiger partial charge < -0.3 is 0 Å². The van der Waals surface area contributed by atoms with Crippen LogP contribution in [0.25, 0.3) is 0 Å². The van der Waals surface area contributed by atoms with Crippen LogP contribution < -0.4 is 5.19 Å². The Hall–Kier alpha value is -1.17. The summed E-state index contributed by atoms with van der Waals surface area (Å²) < 4.78 is 49.3. The summed E-state index contributed by atoms with van der Waals surface area (Å²) in [5, 5.41) is 0.662. The molecule has 0 spiro atoms. The van der Waals surface area contributed by atoms with E-state index in [2.05, 4.69) is 0 Å². The third kappa shape index (κ3) is 3.41. The number of halogens is 4. The fourth-order valence-corrected chi connectivity index (χ4v) is 3.48. The van der Waals surface area contributed by atoms with Crippen molar-refractivity contribution in [2.75, 3.05) is 6.67 Å². The van der Waals surface area contributed by atoms with E-state index in [4.69, 9.17) is 0 Å². The molecule has 1 aromatic rings. The van der Waals surface area contributed by atoms with E-state index in [1.54, 1.807) is 6.07 Å². The first-order valence-corrected chi connectivity index (χ1v) is 8.67. The summed E-state index contributed by atoms with van der Waals surface area (Å²) in [7, 11) is -2.11. The molecule has 18 heavy (non-hydrogen) atoms. The predicted octanol–water partition coefficient (Wildman–Crippen LogP) is 3.32. The third-order valence-corrected chi connectivity index (χ3v) is 6.20. The highest BCUT2D eigenvalue weighted by molar-refractivity contribution is 6.89. The largest absolute Gasteiger partial charge is 0.454 e. The minimum atomic E-state index is -4.87. The molecule has 6 heteroatoms. The van der Waals surface area contributed by atoms with Crippen molar-refractivity contribution >= 4 is 19.0 Å². The quantitative estimate of drug-likeness (QED) is 0.469. The maximum atomic E-state index is 12.4. The van der Waals surface area contributed by atoms with Crippen LogP contribution in [0, 0.1) is 0 Å². The number of carbonyl (C=O) groups excluding carboxylic acids is 1. The summed E-state index contributed by atoms with van der Waals surface area (Å²) in [6, 6.07) is 5.80. The van der Waals surface area contributed by atoms with Gasteiger partial charge >= 0.3 is 6.18 Å². The summed E-state index contributed by atoms with van der Waals surface area (Å²) in [5.74, 6) is -1.85. The fraction of sp³-hybridized carbons (Fsp3) is 0.417. The second kappa shape index (κ2) is 5.22. The van der Waals surface area contributed by atoms with E-state index in [0.29, 0.717) is 11.2 Å². The van der Waals surface area contributed by atoms with Crippen LogP contribution in [-0.4, -0.2) is 26.7 Å². The van der Waals surface area contributed by atoms with Crippen LogP contribution in [0.2, 0.25) is 19.1 Å². The van der Waals surface area contributed by atoms with E-state index in [1.165, 1.54) is 12.1 Å². The van der Waals surface area contributed by atoms with Crippen molar-refractivity contribution in [2.45, 2.75) is 25.3 Å². The number of benzene rings is 1. The molecule has 0 radical (unpaired) electrons. The fourth-order valence-electron chi connectivity index (χ4n) is 1.63. The molecule has 0 amide bonds. The maximum Gasteiger partial charge on any atom is 0.454 e. The summed E-state index contributed by atoms with van der Waals surface area (Å²) in [4.78, 5) is 11.1. The van der Waals surface area contributed by atoms with E-state index >= 15 is 0 Å². The molecule has 0 N–H and O–H groups in total. The lowest BCUT2D eigenvalue weighted by molar-refractivity contribution is -0.0885. The van der Waals surface area contributed by atoms with Crippen molar-refractivity contribution in [3.05, 3.63) is 29.8 Å². The normalized spacial score (nSPS) is 12.6. The van der Waals surface area contributed by atoms with Crippen LogP contribution in [0.15, 0.2) is 24.3 Å². The van der Waals surface area contributed by atoms with Gasteiger partial charge in [-0.2, -0.15) is 13.2 Å². The molecular weight excluding hydrogens is 264 g/mol. The Morgan fingerprint density at radius 1 is 1.28 bits per heavy atom. The van der Waals surface area contributed by atoms with Crippen molar-refractivity contribution in [1.82, 2.24) is 0 Å². The molecule has 0 atom stereocenters. The van der Waals surface area contributed by atoms with Gasteiger partial charge in [-0.3, -0.25) is 9.18 Å². The van der Waals surface area contributed by atoms with Gasteiger partial charge in [-0.15, -0.1) is 0 Å². The molecule has 0 bridgehead atoms. The number of carbonyl (C=O) groups is 1. The van der Waals surface area contributed by atoms with Gasteiger partial charge in [0.2, 0.25) is 0 Å². The molecule has 100 valence electrons. The molecule has 1 rings (SSSR count). The lowest BCUT2D eigenvalue weighted by Gasteiger charge is -2.22. The van der Waals surface area contributed by atoms with Crippen LogP contribution in [0.1, 0.15) is 10.4 Å². The monoisotopic (exact) mass is 278 g/mol. The molecule has 0 fully saturated rings. The molecule has 0 aliphatic heterocycles. The lowest BCUT2D eigenvalue weighted by Crippen LogP contribution is -2.42. The molecule has 0 unspecified atom stereocenters. The minimum absolute atomic E-state index is 0.330. The zero-order chi connectivity index (χ0) is 14.0. The third-order valence-electron chi connectivity index (χ3n) is 2.88. The Kier molecular flexibility index (Phi) is 4.31. The number of rotatable bonds is 4. The Morgan fingerprint density at radius 2 is 1.89 bits per heavy atom. The number of Topliss-reactive ketones (excluding diaryl/α,β-unsaturated/α-hetero) is 1. The number of alkyl halides is 4. The Labute approximate surface area is 104 Å². The highest BCUT2D eigenvalue weighted by atomic mass is 28.3. The molecule has 0 saturated carbocycles. The van der Waals surface area contributed by atoms with Crippen LogP contribution in [-0.2, 0) is 0 Å². The van der Waals surface area contributed by atoms with Crippen LogP contribution in [0.3, 0.4) is 0 Å². The Morgan fingerprint density at radius 3 is 2.39 bits per heavy atom. The first-order valence-electron chi connectivity index (χ1n) is 5.46. The molecule has 0 heterocycles. The molecular formula is C12H14F4OSi. The second-order valence-corrected chi connectivity index (χ2v) is 9.58. The van der Waals surface area contributed by atoms with E-state index in [0.717, 1.165) is 6.07 Å². The Bertz CT molecular complexity index is 440. The van der Waals surface area contributed by atoms with E-state index in [9.17, 15) is 22.4 Å². The summed E-state index contributed by atoms with van der Waals surface area (Å²) in [6.45, 7) is 3.23. The van der Waals surface area contributed by atoms with Gasteiger partial charge in [0.1, 0.15) is 0 Å². The topological polar surface area (TPSA) is 17.1 Å². The van der Waals surface area contributed by atoms with Gasteiger partial charge in [0.05, 0.1) is 14.7 Å². The molecule has 1 nitrogen and oxygen atoms in total. The Balaban J connectivity index is 3.11. The van der Waals surface area contributed by atoms with Gasteiger partial charge in [0, 0.05) is 5.56 Å². The zero-order valence-corrected chi connectivity index (χ0v) is 11.1. The first kappa shape index (κ1) is 14.9. The minimum Gasteiger partial charge on any atom is -0.284 e. The number of ketones is 1. The van der Waals surface area contributed by atoms with Crippen molar-refractivity contribution in [1.29, 1.82) is 0 Å². The summed E-state index contributed by atoms with van der Waals surface area (Å²) in [6.07, 6.45) is -4.87. The van der Waals surface area contributed by atoms with Crippen LogP contribution in [0.5, 0.6) is 0 Å². The maximum absolute atomic E-state index is 12.4. The molecule has 0 saturated heterocycles. The molecule has 1 aromatic carbocycles. The van der Waals surface area contributed by atoms with E-state index in [1.807, 2.05) is 13.1 Å². The van der Waals surface area contributed by atoms with Crippen molar-refractivity contribution in [2.24, 2.45) is 0 Å². The first-order chi connectivity index (χ1) is 8.18. The van der Waals surface area contributed by atoms with E-state index in [-0.39, 0.29) is 5.56 Å². The van der Waals surface area contributed by atoms with Crippen molar-refractivity contribution < 1.29 is 22.4 Å². The summed E-state index contributed by atoms with van der Waals surface area (Å²) >= 11 is 0.